The Bertz CT molecular complexity index is 587. The topological polar surface area (TPSA) is 85.3 Å². The molecular weight excluding hydrogens is 290 g/mol. The Morgan fingerprint density at radius 2 is 1.95 bits per heavy atom. The van der Waals surface area contributed by atoms with Gasteiger partial charge in [-0.15, -0.1) is 0 Å². The fraction of sp³-hybridized carbons (Fsp3) is 0.467. The number of amides is 1. The molecule has 118 valence electrons. The van der Waals surface area contributed by atoms with E-state index in [1.807, 2.05) is 0 Å². The van der Waals surface area contributed by atoms with Crippen LogP contribution in [0.15, 0.2) is 18.2 Å². The monoisotopic (exact) mass is 307 g/mol. The highest BCUT2D eigenvalue weighted by molar-refractivity contribution is 5.95. The van der Waals surface area contributed by atoms with Crippen LogP contribution in [0, 0.1) is 0 Å². The Morgan fingerprint density at radius 3 is 2.73 bits per heavy atom. The van der Waals surface area contributed by atoms with Crippen molar-refractivity contribution in [3.8, 4) is 11.5 Å². The van der Waals surface area contributed by atoms with Crippen molar-refractivity contribution in [2.24, 2.45) is 0 Å². The second-order valence-corrected chi connectivity index (χ2v) is 5.18. The first-order valence-electron chi connectivity index (χ1n) is 7.15. The van der Waals surface area contributed by atoms with Gasteiger partial charge in [0.2, 0.25) is 0 Å². The number of carboxylic acid groups (broad SMARTS) is 1. The highest BCUT2D eigenvalue weighted by Crippen LogP contribution is 2.31. The number of nitrogens with zero attached hydrogens (tertiary/aromatic N) is 1. The third kappa shape index (κ3) is 2.99. The van der Waals surface area contributed by atoms with E-state index in [2.05, 4.69) is 0 Å². The van der Waals surface area contributed by atoms with Crippen molar-refractivity contribution in [1.29, 1.82) is 0 Å². The van der Waals surface area contributed by atoms with Gasteiger partial charge in [-0.2, -0.15) is 0 Å². The zero-order chi connectivity index (χ0) is 15.5. The van der Waals surface area contributed by atoms with Crippen molar-refractivity contribution < 1.29 is 28.9 Å². The first-order chi connectivity index (χ1) is 10.6. The lowest BCUT2D eigenvalue weighted by atomic mass is 10.1. The number of carbonyl (C=O) groups excluding carboxylic acids is 1. The van der Waals surface area contributed by atoms with Crippen LogP contribution >= 0.6 is 0 Å². The molecule has 7 heteroatoms. The molecule has 0 saturated carbocycles. The van der Waals surface area contributed by atoms with Crippen LogP contribution in [0.4, 0.5) is 0 Å². The van der Waals surface area contributed by atoms with Crippen molar-refractivity contribution in [2.45, 2.75) is 12.5 Å². The second-order valence-electron chi connectivity index (χ2n) is 5.18. The minimum absolute atomic E-state index is 0.129. The molecule has 2 aliphatic rings. The summed E-state index contributed by atoms with van der Waals surface area (Å²) >= 11 is 0. The first kappa shape index (κ1) is 14.6. The zero-order valence-corrected chi connectivity index (χ0v) is 12.0. The van der Waals surface area contributed by atoms with Crippen LogP contribution in [0.2, 0.25) is 0 Å². The van der Waals surface area contributed by atoms with Crippen molar-refractivity contribution in [1.82, 2.24) is 4.90 Å². The van der Waals surface area contributed by atoms with Gasteiger partial charge in [-0.1, -0.05) is 0 Å². The van der Waals surface area contributed by atoms with Crippen LogP contribution in [-0.4, -0.2) is 60.9 Å². The van der Waals surface area contributed by atoms with Gasteiger partial charge in [-0.25, -0.2) is 0 Å². The fourth-order valence-corrected chi connectivity index (χ4v) is 2.64. The zero-order valence-electron chi connectivity index (χ0n) is 12.0. The quantitative estimate of drug-likeness (QED) is 0.888. The lowest BCUT2D eigenvalue weighted by Crippen LogP contribution is -2.49. The highest BCUT2D eigenvalue weighted by Gasteiger charge is 2.30. The van der Waals surface area contributed by atoms with Gasteiger partial charge >= 0.3 is 5.97 Å². The second kappa shape index (κ2) is 6.23. The van der Waals surface area contributed by atoms with E-state index < -0.39 is 12.0 Å². The standard InChI is InChI=1S/C15H17NO6/c17-14(18)8-11-9-20-4-3-16(11)15(19)10-1-2-12-13(7-10)22-6-5-21-12/h1-2,7,11H,3-6,8-9H2,(H,17,18)/t11-/m1/s1. The predicted octanol–water partition coefficient (Wildman–Crippen LogP) is 0.773. The molecule has 7 nitrogen and oxygen atoms in total. The van der Waals surface area contributed by atoms with Crippen LogP contribution in [0.25, 0.3) is 0 Å². The fourth-order valence-electron chi connectivity index (χ4n) is 2.64. The van der Waals surface area contributed by atoms with Gasteiger partial charge in [0.1, 0.15) is 13.2 Å². The van der Waals surface area contributed by atoms with E-state index in [1.165, 1.54) is 0 Å². The third-order valence-corrected chi connectivity index (χ3v) is 3.69. The van der Waals surface area contributed by atoms with Gasteiger partial charge in [0.05, 0.1) is 25.7 Å². The van der Waals surface area contributed by atoms with E-state index in [9.17, 15) is 9.59 Å². The van der Waals surface area contributed by atoms with Gasteiger partial charge in [-0.05, 0) is 18.2 Å². The molecule has 22 heavy (non-hydrogen) atoms. The third-order valence-electron chi connectivity index (χ3n) is 3.69. The largest absolute Gasteiger partial charge is 0.486 e. The van der Waals surface area contributed by atoms with E-state index in [0.29, 0.717) is 43.4 Å². The molecule has 1 N–H and O–H groups in total. The Balaban J connectivity index is 1.80. The highest BCUT2D eigenvalue weighted by atomic mass is 16.6. The summed E-state index contributed by atoms with van der Waals surface area (Å²) in [6.07, 6.45) is -0.129. The van der Waals surface area contributed by atoms with E-state index in [1.54, 1.807) is 23.1 Å². The van der Waals surface area contributed by atoms with E-state index >= 15 is 0 Å². The molecule has 0 radical (unpaired) electrons. The molecule has 1 aromatic rings. The SMILES string of the molecule is O=C(O)C[C@@H]1COCCN1C(=O)c1ccc2c(c1)OCCO2. The summed E-state index contributed by atoms with van der Waals surface area (Å²) in [5.41, 5.74) is 0.460. The van der Waals surface area contributed by atoms with E-state index in [-0.39, 0.29) is 18.9 Å². The Morgan fingerprint density at radius 1 is 1.18 bits per heavy atom. The molecule has 0 bridgehead atoms. The van der Waals surface area contributed by atoms with Crippen LogP contribution in [0.1, 0.15) is 16.8 Å². The summed E-state index contributed by atoms with van der Waals surface area (Å²) < 4.78 is 16.2. The molecule has 1 fully saturated rings. The van der Waals surface area contributed by atoms with Gasteiger partial charge in [-0.3, -0.25) is 9.59 Å². The van der Waals surface area contributed by atoms with Crippen LogP contribution in [-0.2, 0) is 9.53 Å². The molecule has 2 aliphatic heterocycles. The number of hydrogen-bond donors (Lipinski definition) is 1. The number of carboxylic acids is 1. The Labute approximate surface area is 127 Å². The minimum Gasteiger partial charge on any atom is -0.486 e. The number of rotatable bonds is 3. The molecule has 0 aliphatic carbocycles. The van der Waals surface area contributed by atoms with Crippen molar-refractivity contribution in [3.63, 3.8) is 0 Å². The molecule has 2 heterocycles. The molecular formula is C15H17NO6. The summed E-state index contributed by atoms with van der Waals surface area (Å²) in [5, 5.41) is 8.96. The molecule has 1 saturated heterocycles. The van der Waals surface area contributed by atoms with E-state index in [4.69, 9.17) is 19.3 Å². The summed E-state index contributed by atoms with van der Waals surface area (Å²) in [4.78, 5) is 25.2. The van der Waals surface area contributed by atoms with Gasteiger partial charge in [0, 0.05) is 12.1 Å². The molecule has 0 unspecified atom stereocenters. The van der Waals surface area contributed by atoms with Crippen LogP contribution in [0.3, 0.4) is 0 Å². The number of benzene rings is 1. The van der Waals surface area contributed by atoms with Gasteiger partial charge < -0.3 is 24.2 Å². The molecule has 3 rings (SSSR count). The molecule has 1 atom stereocenters. The van der Waals surface area contributed by atoms with Crippen molar-refractivity contribution in [3.05, 3.63) is 23.8 Å². The maximum absolute atomic E-state index is 12.7. The summed E-state index contributed by atoms with van der Waals surface area (Å²) in [6, 6.07) is 4.56. The summed E-state index contributed by atoms with van der Waals surface area (Å²) in [5.74, 6) is -0.00555. The number of ether oxygens (including phenoxy) is 3. The minimum atomic E-state index is -0.949. The van der Waals surface area contributed by atoms with E-state index in [0.717, 1.165) is 0 Å². The van der Waals surface area contributed by atoms with Gasteiger partial charge in [0.25, 0.3) is 5.91 Å². The maximum atomic E-state index is 12.7. The number of hydrogen-bond acceptors (Lipinski definition) is 5. The Hall–Kier alpha value is -2.28. The number of fused-ring (bicyclic) bond motifs is 1. The predicted molar refractivity (Wildman–Crippen MR) is 75.3 cm³/mol. The number of morpholine rings is 1. The molecule has 0 aromatic heterocycles. The normalized spacial score (nSPS) is 20.5. The summed E-state index contributed by atoms with van der Waals surface area (Å²) in [7, 11) is 0. The smallest absolute Gasteiger partial charge is 0.305 e. The first-order valence-corrected chi connectivity index (χ1v) is 7.15. The van der Waals surface area contributed by atoms with Crippen LogP contribution < -0.4 is 9.47 Å². The molecule has 1 amide bonds. The van der Waals surface area contributed by atoms with Crippen LogP contribution in [0.5, 0.6) is 11.5 Å². The lowest BCUT2D eigenvalue weighted by Gasteiger charge is -2.35. The van der Waals surface area contributed by atoms with Gasteiger partial charge in [0.15, 0.2) is 11.5 Å². The summed E-state index contributed by atoms with van der Waals surface area (Å²) in [6.45, 7) is 1.97. The lowest BCUT2D eigenvalue weighted by molar-refractivity contribution is -0.139. The average molecular weight is 307 g/mol. The Kier molecular flexibility index (Phi) is 4.15. The van der Waals surface area contributed by atoms with Crippen molar-refractivity contribution >= 4 is 11.9 Å². The number of aliphatic carboxylic acids is 1. The maximum Gasteiger partial charge on any atom is 0.305 e. The number of carbonyl (C=O) groups is 2. The molecule has 0 spiro atoms. The average Bonchev–Trinajstić information content (AvgIpc) is 2.54. The molecule has 1 aromatic carbocycles. The van der Waals surface area contributed by atoms with Crippen molar-refractivity contribution in [2.75, 3.05) is 33.0 Å².